The highest BCUT2D eigenvalue weighted by molar-refractivity contribution is 7.19. The van der Waals surface area contributed by atoms with Gasteiger partial charge in [0.2, 0.25) is 0 Å². The number of carbonyl (C=O) groups excluding carboxylic acids is 1. The van der Waals surface area contributed by atoms with Crippen LogP contribution in [0.5, 0.6) is 0 Å². The maximum absolute atomic E-state index is 13.0. The fourth-order valence-electron chi connectivity index (χ4n) is 2.75. The second kappa shape index (κ2) is 6.32. The molecule has 0 amide bonds. The minimum Gasteiger partial charge on any atom is -0.293 e. The molecule has 0 saturated carbocycles. The monoisotopic (exact) mass is 334 g/mol. The van der Waals surface area contributed by atoms with E-state index < -0.39 is 0 Å². The van der Waals surface area contributed by atoms with Crippen LogP contribution in [0.15, 0.2) is 12.1 Å². The van der Waals surface area contributed by atoms with E-state index in [0.717, 1.165) is 5.56 Å². The second-order valence-corrected chi connectivity index (χ2v) is 10.8. The summed E-state index contributed by atoms with van der Waals surface area (Å²) < 4.78 is 0. The molecule has 0 aliphatic rings. The third kappa shape index (κ3) is 4.66. The van der Waals surface area contributed by atoms with Gasteiger partial charge in [0.05, 0.1) is 0 Å². The summed E-state index contributed by atoms with van der Waals surface area (Å²) in [5.41, 5.74) is 4.45. The van der Waals surface area contributed by atoms with Gasteiger partial charge in [0, 0.05) is 11.2 Å². The van der Waals surface area contributed by atoms with E-state index in [1.54, 1.807) is 0 Å². The van der Waals surface area contributed by atoms with E-state index in [4.69, 9.17) is 0 Å². The van der Waals surface area contributed by atoms with Gasteiger partial charge in [-0.1, -0.05) is 81.4 Å². The van der Waals surface area contributed by atoms with Crippen molar-refractivity contribution in [1.29, 1.82) is 0 Å². The molecular weight excluding hydrogens is 299 g/mol. The van der Waals surface area contributed by atoms with Crippen molar-refractivity contribution in [3.8, 4) is 0 Å². The van der Waals surface area contributed by atoms with Crippen molar-refractivity contribution in [3.63, 3.8) is 0 Å². The summed E-state index contributed by atoms with van der Waals surface area (Å²) in [6, 6.07) is 4.52. The van der Waals surface area contributed by atoms with Gasteiger partial charge in [0.25, 0.3) is 0 Å². The normalized spacial score (nSPS) is 14.7. The first-order valence-electron chi connectivity index (χ1n) is 8.56. The Morgan fingerprint density at radius 2 is 1.17 bits per heavy atom. The summed E-state index contributed by atoms with van der Waals surface area (Å²) in [4.78, 5) is 13.0. The molecule has 23 heavy (non-hydrogen) atoms. The topological polar surface area (TPSA) is 17.1 Å². The van der Waals surface area contributed by atoms with Gasteiger partial charge in [-0.25, -0.2) is 0 Å². The van der Waals surface area contributed by atoms with E-state index >= 15 is 0 Å². The van der Waals surface area contributed by atoms with Crippen LogP contribution in [0.4, 0.5) is 0 Å². The summed E-state index contributed by atoms with van der Waals surface area (Å²) in [5.74, 6) is 0.227. The van der Waals surface area contributed by atoms with Gasteiger partial charge in [-0.05, 0) is 32.9 Å². The van der Waals surface area contributed by atoms with E-state index in [-0.39, 0.29) is 27.7 Å². The number of Topliss-reactive ketones (excluding diaryl/α,β-unsaturated/α-hetero) is 1. The van der Waals surface area contributed by atoms with Crippen LogP contribution in [0.3, 0.4) is 0 Å². The Balaban J connectivity index is 3.94. The zero-order chi connectivity index (χ0) is 18.4. The van der Waals surface area contributed by atoms with Crippen LogP contribution in [-0.2, 0) is 16.2 Å². The molecular formula is C21H35OP. The van der Waals surface area contributed by atoms with E-state index in [9.17, 15) is 4.79 Å². The molecule has 0 bridgehead atoms. The lowest BCUT2D eigenvalue weighted by Gasteiger charge is -2.33. The molecule has 0 N–H and O–H groups in total. The number of rotatable bonds is 2. The molecule has 2 atom stereocenters. The predicted molar refractivity (Wildman–Crippen MR) is 106 cm³/mol. The summed E-state index contributed by atoms with van der Waals surface area (Å²) >= 11 is 0. The van der Waals surface area contributed by atoms with Gasteiger partial charge >= 0.3 is 0 Å². The van der Waals surface area contributed by atoms with E-state index in [2.05, 4.69) is 83.7 Å². The van der Waals surface area contributed by atoms with Crippen LogP contribution in [0.1, 0.15) is 96.3 Å². The molecule has 0 aliphatic heterocycles. The third-order valence-electron chi connectivity index (χ3n) is 4.28. The standard InChI is InChI=1S/C21H35OP/c1-13(23)18(22)17-15(20(5,6)7)11-14(19(2,3)4)12-16(17)21(8,9)10/h11-13H,23H2,1-10H3. The van der Waals surface area contributed by atoms with Crippen LogP contribution in [0.25, 0.3) is 0 Å². The predicted octanol–water partition coefficient (Wildman–Crippen LogP) is 6.03. The van der Waals surface area contributed by atoms with Crippen molar-refractivity contribution < 1.29 is 4.79 Å². The molecule has 1 rings (SSSR count). The zero-order valence-corrected chi connectivity index (χ0v) is 17.9. The highest BCUT2D eigenvalue weighted by atomic mass is 31.0. The minimum atomic E-state index is -0.0716. The lowest BCUT2D eigenvalue weighted by atomic mass is 9.71. The smallest absolute Gasteiger partial charge is 0.169 e. The average Bonchev–Trinajstić information content (AvgIpc) is 2.32. The Bertz CT molecular complexity index is 555. The molecule has 0 radical (unpaired) electrons. The van der Waals surface area contributed by atoms with Crippen LogP contribution in [0, 0.1) is 0 Å². The second-order valence-electron chi connectivity index (χ2n) is 9.85. The fourth-order valence-corrected chi connectivity index (χ4v) is 2.92. The Hall–Kier alpha value is -0.680. The Kier molecular flexibility index (Phi) is 5.60. The molecule has 0 aliphatic carbocycles. The first-order valence-corrected chi connectivity index (χ1v) is 9.22. The van der Waals surface area contributed by atoms with E-state index in [1.165, 1.54) is 16.7 Å². The largest absolute Gasteiger partial charge is 0.293 e. The fraction of sp³-hybridized carbons (Fsp3) is 0.667. The highest BCUT2D eigenvalue weighted by Gasteiger charge is 2.32. The number of hydrogen-bond acceptors (Lipinski definition) is 1. The molecule has 0 fully saturated rings. The molecule has 0 saturated heterocycles. The van der Waals surface area contributed by atoms with Crippen LogP contribution in [0.2, 0.25) is 0 Å². The molecule has 0 heterocycles. The Morgan fingerprint density at radius 1 is 0.826 bits per heavy atom. The summed E-state index contributed by atoms with van der Waals surface area (Å²) in [5, 5.41) is 0. The lowest BCUT2D eigenvalue weighted by Crippen LogP contribution is -2.28. The van der Waals surface area contributed by atoms with E-state index in [0.29, 0.717) is 0 Å². The van der Waals surface area contributed by atoms with Gasteiger partial charge in [0.1, 0.15) is 0 Å². The van der Waals surface area contributed by atoms with Crippen molar-refractivity contribution in [3.05, 3.63) is 34.4 Å². The number of hydrogen-bond donors (Lipinski definition) is 0. The van der Waals surface area contributed by atoms with Gasteiger partial charge in [-0.15, -0.1) is 9.24 Å². The number of carbonyl (C=O) groups is 1. The molecule has 0 spiro atoms. The van der Waals surface area contributed by atoms with E-state index in [1.807, 2.05) is 6.92 Å². The average molecular weight is 334 g/mol. The van der Waals surface area contributed by atoms with Crippen molar-refractivity contribution in [2.24, 2.45) is 0 Å². The maximum Gasteiger partial charge on any atom is 0.169 e. The van der Waals surface area contributed by atoms with Crippen LogP contribution < -0.4 is 0 Å². The van der Waals surface area contributed by atoms with Gasteiger partial charge in [-0.3, -0.25) is 4.79 Å². The lowest BCUT2D eigenvalue weighted by molar-refractivity contribution is 0.0989. The zero-order valence-electron chi connectivity index (χ0n) is 16.7. The highest BCUT2D eigenvalue weighted by Crippen LogP contribution is 2.39. The molecule has 2 heteroatoms. The van der Waals surface area contributed by atoms with Crippen molar-refractivity contribution >= 4 is 15.0 Å². The molecule has 2 unspecified atom stereocenters. The maximum atomic E-state index is 13.0. The summed E-state index contributed by atoms with van der Waals surface area (Å²) in [7, 11) is 2.66. The summed E-state index contributed by atoms with van der Waals surface area (Å²) in [6.45, 7) is 21.9. The quantitative estimate of drug-likeness (QED) is 0.477. The Labute approximate surface area is 145 Å². The summed E-state index contributed by atoms with van der Waals surface area (Å²) in [6.07, 6.45) is 0. The molecule has 1 aromatic carbocycles. The molecule has 130 valence electrons. The van der Waals surface area contributed by atoms with Crippen molar-refractivity contribution in [2.45, 2.75) is 91.1 Å². The SMILES string of the molecule is CC(P)C(=O)c1c(C(C)(C)C)cc(C(C)(C)C)cc1C(C)(C)C. The van der Waals surface area contributed by atoms with Gasteiger partial charge < -0.3 is 0 Å². The van der Waals surface area contributed by atoms with Crippen molar-refractivity contribution in [2.75, 3.05) is 0 Å². The number of benzene rings is 1. The van der Waals surface area contributed by atoms with Crippen molar-refractivity contribution in [1.82, 2.24) is 0 Å². The van der Waals surface area contributed by atoms with Crippen LogP contribution in [-0.4, -0.2) is 11.4 Å². The molecule has 0 aromatic heterocycles. The Morgan fingerprint density at radius 3 is 1.39 bits per heavy atom. The molecule has 1 nitrogen and oxygen atoms in total. The molecule has 1 aromatic rings. The van der Waals surface area contributed by atoms with Gasteiger partial charge in [0.15, 0.2) is 5.78 Å². The minimum absolute atomic E-state index is 0.0636. The van der Waals surface area contributed by atoms with Crippen LogP contribution >= 0.6 is 9.24 Å². The van der Waals surface area contributed by atoms with Gasteiger partial charge in [-0.2, -0.15) is 0 Å². The number of ketones is 1. The first kappa shape index (κ1) is 20.4. The third-order valence-corrected chi connectivity index (χ3v) is 4.58. The first-order chi connectivity index (χ1) is 10.1.